The van der Waals surface area contributed by atoms with Gasteiger partial charge in [-0.2, -0.15) is 0 Å². The highest BCUT2D eigenvalue weighted by molar-refractivity contribution is 5.80. The van der Waals surface area contributed by atoms with Gasteiger partial charge in [0.05, 0.1) is 6.04 Å². The fraction of sp³-hybridized carbons (Fsp3) is 0.941. The summed E-state index contributed by atoms with van der Waals surface area (Å²) in [6.07, 6.45) is 4.53. The van der Waals surface area contributed by atoms with Crippen molar-refractivity contribution in [1.29, 1.82) is 0 Å². The number of hydrogen-bond donors (Lipinski definition) is 0. The molecule has 1 amide bonds. The van der Waals surface area contributed by atoms with E-state index in [-0.39, 0.29) is 16.7 Å². The molecule has 2 aliphatic heterocycles. The molecule has 0 bridgehead atoms. The van der Waals surface area contributed by atoms with Gasteiger partial charge in [-0.3, -0.25) is 9.80 Å². The number of carbonyl (C=O) groups excluding carboxylic acids is 1. The summed E-state index contributed by atoms with van der Waals surface area (Å²) in [7, 11) is 0. The van der Waals surface area contributed by atoms with E-state index >= 15 is 0 Å². The van der Waals surface area contributed by atoms with Crippen molar-refractivity contribution in [3.63, 3.8) is 0 Å². The fourth-order valence-electron chi connectivity index (χ4n) is 3.77. The minimum atomic E-state index is 0.0625. The van der Waals surface area contributed by atoms with Crippen LogP contribution in [0, 0.1) is 16.7 Å². The van der Waals surface area contributed by atoms with Crippen LogP contribution in [-0.2, 0) is 4.79 Å². The van der Waals surface area contributed by atoms with Gasteiger partial charge >= 0.3 is 0 Å². The maximum Gasteiger partial charge on any atom is 0.240 e. The van der Waals surface area contributed by atoms with Gasteiger partial charge in [0.1, 0.15) is 0 Å². The smallest absolute Gasteiger partial charge is 0.240 e. The van der Waals surface area contributed by atoms with E-state index in [0.717, 1.165) is 32.4 Å². The number of nitrogens with zero attached hydrogens (tertiary/aromatic N) is 2. The Labute approximate surface area is 124 Å². The van der Waals surface area contributed by atoms with Crippen molar-refractivity contribution in [2.24, 2.45) is 16.7 Å². The predicted molar refractivity (Wildman–Crippen MR) is 83.1 cm³/mol. The maximum atomic E-state index is 13.2. The van der Waals surface area contributed by atoms with Gasteiger partial charge in [-0.15, -0.1) is 0 Å². The molecule has 0 aromatic rings. The zero-order valence-corrected chi connectivity index (χ0v) is 14.2. The Hall–Kier alpha value is -0.570. The molecule has 2 heterocycles. The standard InChI is InChI=1S/C17H32N2O/c1-16(2,3)13-9-7-11-18-12-8-10-14(17(4,5)6)19(18)15(13)20/h13-14H,7-12H2,1-6H3. The molecular weight excluding hydrogens is 248 g/mol. The second-order valence-corrected chi connectivity index (χ2v) is 8.72. The second kappa shape index (κ2) is 5.32. The van der Waals surface area contributed by atoms with Crippen molar-refractivity contribution < 1.29 is 4.79 Å². The Bertz CT molecular complexity index is 364. The summed E-state index contributed by atoms with van der Waals surface area (Å²) in [5, 5.41) is 4.50. The molecule has 3 heteroatoms. The molecule has 20 heavy (non-hydrogen) atoms. The normalized spacial score (nSPS) is 30.1. The first kappa shape index (κ1) is 15.8. The Morgan fingerprint density at radius 3 is 1.95 bits per heavy atom. The SMILES string of the molecule is CC(C)(C)C1CCCN2CCCC(C(C)(C)C)N2C1=O. The summed E-state index contributed by atoms with van der Waals surface area (Å²) in [4.78, 5) is 13.2. The summed E-state index contributed by atoms with van der Waals surface area (Å²) in [6, 6.07) is 0.353. The van der Waals surface area contributed by atoms with E-state index in [1.54, 1.807) is 0 Å². The molecule has 0 saturated carbocycles. The molecule has 2 aliphatic rings. The quantitative estimate of drug-likeness (QED) is 0.675. The summed E-state index contributed by atoms with van der Waals surface area (Å²) in [5.74, 6) is 0.532. The first-order valence-electron chi connectivity index (χ1n) is 8.20. The summed E-state index contributed by atoms with van der Waals surface area (Å²) < 4.78 is 0. The van der Waals surface area contributed by atoms with Crippen LogP contribution in [-0.4, -0.2) is 35.1 Å². The van der Waals surface area contributed by atoms with E-state index in [4.69, 9.17) is 0 Å². The van der Waals surface area contributed by atoms with Crippen LogP contribution in [0.2, 0.25) is 0 Å². The van der Waals surface area contributed by atoms with Gasteiger partial charge < -0.3 is 0 Å². The van der Waals surface area contributed by atoms with Gasteiger partial charge in [-0.05, 0) is 36.5 Å². The van der Waals surface area contributed by atoms with Crippen LogP contribution in [0.25, 0.3) is 0 Å². The molecule has 0 spiro atoms. The van der Waals surface area contributed by atoms with Crippen LogP contribution in [0.5, 0.6) is 0 Å². The first-order chi connectivity index (χ1) is 9.12. The average molecular weight is 280 g/mol. The zero-order chi connectivity index (χ0) is 15.1. The van der Waals surface area contributed by atoms with Crippen LogP contribution in [0.1, 0.15) is 67.2 Å². The van der Waals surface area contributed by atoms with Gasteiger partial charge in [0.15, 0.2) is 0 Å². The number of rotatable bonds is 0. The Kier molecular flexibility index (Phi) is 4.21. The fourth-order valence-corrected chi connectivity index (χ4v) is 3.77. The van der Waals surface area contributed by atoms with E-state index < -0.39 is 0 Å². The molecule has 0 radical (unpaired) electrons. The van der Waals surface area contributed by atoms with Crippen molar-refractivity contribution in [3.05, 3.63) is 0 Å². The summed E-state index contributed by atoms with van der Waals surface area (Å²) >= 11 is 0. The third-order valence-electron chi connectivity index (χ3n) is 4.97. The van der Waals surface area contributed by atoms with Crippen molar-refractivity contribution in [3.8, 4) is 0 Å². The Morgan fingerprint density at radius 1 is 0.900 bits per heavy atom. The lowest BCUT2D eigenvalue weighted by Crippen LogP contribution is -2.60. The molecule has 116 valence electrons. The maximum absolute atomic E-state index is 13.2. The minimum Gasteiger partial charge on any atom is -0.273 e. The molecule has 0 aromatic carbocycles. The highest BCUT2D eigenvalue weighted by Gasteiger charge is 2.45. The molecule has 2 saturated heterocycles. The van der Waals surface area contributed by atoms with E-state index in [1.165, 1.54) is 6.42 Å². The molecule has 2 unspecified atom stereocenters. The first-order valence-corrected chi connectivity index (χ1v) is 8.20. The topological polar surface area (TPSA) is 23.6 Å². The second-order valence-electron chi connectivity index (χ2n) is 8.72. The Balaban J connectivity index is 2.33. The van der Waals surface area contributed by atoms with Crippen molar-refractivity contribution in [2.45, 2.75) is 73.3 Å². The van der Waals surface area contributed by atoms with Crippen LogP contribution in [0.3, 0.4) is 0 Å². The van der Waals surface area contributed by atoms with Crippen molar-refractivity contribution in [2.75, 3.05) is 13.1 Å². The number of amides is 1. The minimum absolute atomic E-state index is 0.0625. The predicted octanol–water partition coefficient (Wildman–Crippen LogP) is 3.70. The van der Waals surface area contributed by atoms with Gasteiger partial charge in [0.2, 0.25) is 5.91 Å². The van der Waals surface area contributed by atoms with E-state index in [1.807, 2.05) is 0 Å². The zero-order valence-electron chi connectivity index (χ0n) is 14.2. The lowest BCUT2D eigenvalue weighted by molar-refractivity contribution is -0.174. The van der Waals surface area contributed by atoms with Gasteiger partial charge in [-0.25, -0.2) is 5.01 Å². The molecule has 2 fully saturated rings. The summed E-state index contributed by atoms with van der Waals surface area (Å²) in [6.45, 7) is 15.5. The van der Waals surface area contributed by atoms with Crippen LogP contribution >= 0.6 is 0 Å². The third kappa shape index (κ3) is 3.03. The lowest BCUT2D eigenvalue weighted by Gasteiger charge is -2.50. The molecule has 2 rings (SSSR count). The largest absolute Gasteiger partial charge is 0.273 e. The van der Waals surface area contributed by atoms with Crippen LogP contribution in [0.15, 0.2) is 0 Å². The van der Waals surface area contributed by atoms with E-state index in [0.29, 0.717) is 11.9 Å². The average Bonchev–Trinajstić information content (AvgIpc) is 2.47. The van der Waals surface area contributed by atoms with Crippen LogP contribution in [0.4, 0.5) is 0 Å². The van der Waals surface area contributed by atoms with Crippen molar-refractivity contribution in [1.82, 2.24) is 10.0 Å². The molecule has 2 atom stereocenters. The van der Waals surface area contributed by atoms with Gasteiger partial charge in [0.25, 0.3) is 0 Å². The highest BCUT2D eigenvalue weighted by atomic mass is 16.2. The molecule has 0 aromatic heterocycles. The third-order valence-corrected chi connectivity index (χ3v) is 4.97. The Morgan fingerprint density at radius 2 is 1.45 bits per heavy atom. The van der Waals surface area contributed by atoms with E-state index in [2.05, 4.69) is 51.6 Å². The lowest BCUT2D eigenvalue weighted by atomic mass is 9.76. The number of hydrazine groups is 1. The van der Waals surface area contributed by atoms with Crippen LogP contribution < -0.4 is 0 Å². The number of hydrogen-bond acceptors (Lipinski definition) is 2. The monoisotopic (exact) mass is 280 g/mol. The van der Waals surface area contributed by atoms with Crippen molar-refractivity contribution >= 4 is 5.91 Å². The van der Waals surface area contributed by atoms with Gasteiger partial charge in [-0.1, -0.05) is 41.5 Å². The molecule has 3 nitrogen and oxygen atoms in total. The molecular formula is C17H32N2O. The molecule has 0 N–H and O–H groups in total. The number of fused-ring (bicyclic) bond motifs is 1. The number of carbonyl (C=O) groups is 1. The van der Waals surface area contributed by atoms with Gasteiger partial charge in [0, 0.05) is 19.0 Å². The highest BCUT2D eigenvalue weighted by Crippen LogP contribution is 2.39. The summed E-state index contributed by atoms with van der Waals surface area (Å²) in [5.41, 5.74) is 0.216. The van der Waals surface area contributed by atoms with E-state index in [9.17, 15) is 4.79 Å². The molecule has 0 aliphatic carbocycles.